The van der Waals surface area contributed by atoms with Gasteiger partial charge in [0.15, 0.2) is 8.32 Å². The van der Waals surface area contributed by atoms with Crippen LogP contribution in [0.25, 0.3) is 0 Å². The summed E-state index contributed by atoms with van der Waals surface area (Å²) < 4.78 is 24.3. The van der Waals surface area contributed by atoms with Crippen LogP contribution in [0, 0.1) is 11.8 Å². The van der Waals surface area contributed by atoms with Crippen molar-refractivity contribution in [2.24, 2.45) is 11.8 Å². The fourth-order valence-electron chi connectivity index (χ4n) is 5.38. The minimum Gasteiger partial charge on any atom is -0.469 e. The van der Waals surface area contributed by atoms with Crippen LogP contribution in [0.2, 0.25) is 18.1 Å². The highest BCUT2D eigenvalue weighted by molar-refractivity contribution is 6.74. The minimum atomic E-state index is -2.22. The van der Waals surface area contributed by atoms with E-state index in [9.17, 15) is 9.59 Å². The molecular weight excluding hydrogens is 558 g/mol. The first-order valence-electron chi connectivity index (χ1n) is 14.9. The van der Waals surface area contributed by atoms with E-state index >= 15 is 0 Å². The van der Waals surface area contributed by atoms with Gasteiger partial charge in [-0.05, 0) is 34.8 Å². The van der Waals surface area contributed by atoms with Gasteiger partial charge < -0.3 is 18.6 Å². The molecule has 230 valence electrons. The molecule has 1 aliphatic rings. The molecule has 0 N–H and O–H groups in total. The van der Waals surface area contributed by atoms with Crippen molar-refractivity contribution in [3.63, 3.8) is 0 Å². The van der Waals surface area contributed by atoms with Gasteiger partial charge >= 0.3 is 12.1 Å². The quantitative estimate of drug-likeness (QED) is 0.168. The Balaban J connectivity index is 1.73. The van der Waals surface area contributed by atoms with Crippen molar-refractivity contribution in [3.8, 4) is 0 Å². The normalized spacial score (nSPS) is 20.6. The van der Waals surface area contributed by atoms with Gasteiger partial charge in [0, 0.05) is 5.92 Å². The molecule has 8 heteroatoms. The van der Waals surface area contributed by atoms with Crippen LogP contribution in [0.3, 0.4) is 0 Å². The first-order valence-corrected chi connectivity index (χ1v) is 17.8. The number of esters is 1. The highest BCUT2D eigenvalue weighted by atomic mass is 28.4. The van der Waals surface area contributed by atoms with Gasteiger partial charge in [0.05, 0.1) is 44.9 Å². The second-order valence-electron chi connectivity index (χ2n) is 12.7. The summed E-state index contributed by atoms with van der Waals surface area (Å²) in [6, 6.07) is 28.0. The van der Waals surface area contributed by atoms with Crippen molar-refractivity contribution < 1.29 is 28.2 Å². The summed E-state index contributed by atoms with van der Waals surface area (Å²) in [5.74, 6) is -1.46. The Morgan fingerprint density at radius 2 is 1.33 bits per heavy atom. The molecule has 1 saturated heterocycles. The van der Waals surface area contributed by atoms with Gasteiger partial charge in [-0.2, -0.15) is 0 Å². The minimum absolute atomic E-state index is 0.0376. The third-order valence-electron chi connectivity index (χ3n) is 8.83. The van der Waals surface area contributed by atoms with E-state index < -0.39 is 44.3 Å². The molecule has 0 saturated carbocycles. The molecule has 1 heterocycles. The van der Waals surface area contributed by atoms with Crippen LogP contribution >= 0.6 is 0 Å². The lowest BCUT2D eigenvalue weighted by molar-refractivity contribution is -0.148. The Kier molecular flexibility index (Phi) is 10.8. The maximum absolute atomic E-state index is 14.1. The molecule has 0 spiro atoms. The molecule has 3 aromatic rings. The van der Waals surface area contributed by atoms with E-state index in [1.807, 2.05) is 91.0 Å². The molecule has 1 amide bonds. The lowest BCUT2D eigenvalue weighted by Gasteiger charge is -2.39. The monoisotopic (exact) mass is 603 g/mol. The summed E-state index contributed by atoms with van der Waals surface area (Å²) in [6.07, 6.45) is -0.499. The number of hydrogen-bond donors (Lipinski definition) is 0. The summed E-state index contributed by atoms with van der Waals surface area (Å²) in [5, 5.41) is -0.0376. The van der Waals surface area contributed by atoms with Gasteiger partial charge in [-0.25, -0.2) is 4.79 Å². The van der Waals surface area contributed by atoms with Crippen LogP contribution in [-0.2, 0) is 36.6 Å². The summed E-state index contributed by atoms with van der Waals surface area (Å²) in [6.45, 7) is 11.9. The van der Waals surface area contributed by atoms with Gasteiger partial charge in [0.2, 0.25) is 0 Å². The fraction of sp³-hybridized carbons (Fsp3) is 0.429. The zero-order valence-electron chi connectivity index (χ0n) is 26.2. The average Bonchev–Trinajstić information content (AvgIpc) is 3.33. The predicted octanol–water partition coefficient (Wildman–Crippen LogP) is 7.39. The van der Waals surface area contributed by atoms with Gasteiger partial charge in [-0.3, -0.25) is 9.69 Å². The molecule has 3 aromatic carbocycles. The number of amides is 1. The topological polar surface area (TPSA) is 74.3 Å². The van der Waals surface area contributed by atoms with Crippen molar-refractivity contribution in [2.75, 3.05) is 20.3 Å². The van der Waals surface area contributed by atoms with Crippen LogP contribution < -0.4 is 0 Å². The van der Waals surface area contributed by atoms with E-state index in [-0.39, 0.29) is 24.9 Å². The van der Waals surface area contributed by atoms with Crippen LogP contribution in [0.4, 0.5) is 4.79 Å². The molecule has 43 heavy (non-hydrogen) atoms. The SMILES string of the molecule is COC(=O)C1C(COCc2ccccc2)C(CO[Si](C)(C)C(C)(C)C)N(C(=O)OCc2ccccc2)C1c1ccccc1. The van der Waals surface area contributed by atoms with Crippen molar-refractivity contribution in [3.05, 3.63) is 108 Å². The van der Waals surface area contributed by atoms with Gasteiger partial charge in [0.25, 0.3) is 0 Å². The largest absolute Gasteiger partial charge is 0.469 e. The molecular formula is C35H45NO6Si. The van der Waals surface area contributed by atoms with E-state index in [0.29, 0.717) is 6.61 Å². The first kappa shape index (κ1) is 32.5. The molecule has 0 aromatic heterocycles. The van der Waals surface area contributed by atoms with E-state index in [2.05, 4.69) is 33.9 Å². The molecule has 0 aliphatic carbocycles. The Bertz CT molecular complexity index is 1310. The second-order valence-corrected chi connectivity index (χ2v) is 17.5. The molecule has 4 rings (SSSR count). The molecule has 4 unspecified atom stereocenters. The van der Waals surface area contributed by atoms with E-state index in [1.54, 1.807) is 4.90 Å². The number of nitrogens with zero attached hydrogens (tertiary/aromatic N) is 1. The highest BCUT2D eigenvalue weighted by Crippen LogP contribution is 2.47. The molecule has 0 bridgehead atoms. The van der Waals surface area contributed by atoms with Crippen LogP contribution in [0.5, 0.6) is 0 Å². The van der Waals surface area contributed by atoms with Crippen molar-refractivity contribution >= 4 is 20.4 Å². The number of carbonyl (C=O) groups excluding carboxylic acids is 2. The molecule has 4 atom stereocenters. The predicted molar refractivity (Wildman–Crippen MR) is 170 cm³/mol. The van der Waals surface area contributed by atoms with Crippen molar-refractivity contribution in [1.29, 1.82) is 0 Å². The smallest absolute Gasteiger partial charge is 0.410 e. The van der Waals surface area contributed by atoms with Gasteiger partial charge in [-0.1, -0.05) is 112 Å². The Morgan fingerprint density at radius 3 is 1.86 bits per heavy atom. The maximum Gasteiger partial charge on any atom is 0.410 e. The van der Waals surface area contributed by atoms with Crippen LogP contribution in [0.1, 0.15) is 43.5 Å². The van der Waals surface area contributed by atoms with Gasteiger partial charge in [-0.15, -0.1) is 0 Å². The van der Waals surface area contributed by atoms with Crippen LogP contribution in [0.15, 0.2) is 91.0 Å². The average molecular weight is 604 g/mol. The fourth-order valence-corrected chi connectivity index (χ4v) is 6.40. The van der Waals surface area contributed by atoms with Crippen LogP contribution in [-0.4, -0.2) is 51.6 Å². The van der Waals surface area contributed by atoms with E-state index in [0.717, 1.165) is 16.7 Å². The number of likely N-dealkylation sites (tertiary alicyclic amines) is 1. The summed E-state index contributed by atoms with van der Waals surface area (Å²) in [7, 11) is -0.823. The number of hydrogen-bond acceptors (Lipinski definition) is 6. The first-order chi connectivity index (χ1) is 20.5. The number of ether oxygens (including phenoxy) is 3. The lowest BCUT2D eigenvalue weighted by Crippen LogP contribution is -2.48. The standard InChI is InChI=1S/C35H45NO6Si/c1-35(2,3)43(5,6)42-25-30-29(24-40-22-26-16-10-7-11-17-26)31(33(37)39-4)32(28-20-14-9-15-21-28)36(30)34(38)41-23-27-18-12-8-13-19-27/h7-21,29-32H,22-25H2,1-6H3. The Labute approximate surface area is 257 Å². The maximum atomic E-state index is 14.1. The van der Waals surface area contributed by atoms with Gasteiger partial charge in [0.1, 0.15) is 6.61 Å². The van der Waals surface area contributed by atoms with Crippen molar-refractivity contribution in [1.82, 2.24) is 4.90 Å². The summed E-state index contributed by atoms with van der Waals surface area (Å²) in [5.41, 5.74) is 2.74. The third-order valence-corrected chi connectivity index (χ3v) is 13.3. The molecule has 7 nitrogen and oxygen atoms in total. The highest BCUT2D eigenvalue weighted by Gasteiger charge is 2.56. The number of carbonyl (C=O) groups is 2. The number of methoxy groups -OCH3 is 1. The Hall–Kier alpha value is -3.46. The third kappa shape index (κ3) is 7.93. The molecule has 0 radical (unpaired) electrons. The molecule has 1 aliphatic heterocycles. The lowest BCUT2D eigenvalue weighted by atomic mass is 9.85. The zero-order valence-corrected chi connectivity index (χ0v) is 27.2. The van der Waals surface area contributed by atoms with Crippen molar-refractivity contribution in [2.45, 2.75) is 64.2 Å². The van der Waals surface area contributed by atoms with E-state index in [1.165, 1.54) is 7.11 Å². The summed E-state index contributed by atoms with van der Waals surface area (Å²) >= 11 is 0. The number of rotatable bonds is 11. The Morgan fingerprint density at radius 1 is 0.791 bits per heavy atom. The summed E-state index contributed by atoms with van der Waals surface area (Å²) in [4.78, 5) is 29.4. The zero-order chi connectivity index (χ0) is 31.0. The molecule has 1 fully saturated rings. The number of benzene rings is 3. The second kappa shape index (κ2) is 14.3. The van der Waals surface area contributed by atoms with E-state index in [4.69, 9.17) is 18.6 Å².